The van der Waals surface area contributed by atoms with Crippen LogP contribution >= 0.6 is 15.9 Å². The highest BCUT2D eigenvalue weighted by molar-refractivity contribution is 9.10. The summed E-state index contributed by atoms with van der Waals surface area (Å²) in [7, 11) is 0. The molecule has 0 heterocycles. The van der Waals surface area contributed by atoms with Gasteiger partial charge in [0.05, 0.1) is 4.47 Å². The van der Waals surface area contributed by atoms with Gasteiger partial charge in [-0.3, -0.25) is 0 Å². The average Bonchev–Trinajstić information content (AvgIpc) is 1.95. The predicted molar refractivity (Wildman–Crippen MR) is 39.6 cm³/mol. The van der Waals surface area contributed by atoms with Gasteiger partial charge in [0.2, 0.25) is 0 Å². The van der Waals surface area contributed by atoms with Gasteiger partial charge in [0.1, 0.15) is 11.5 Å². The van der Waals surface area contributed by atoms with Gasteiger partial charge in [-0.2, -0.15) is 0 Å². The molecule has 1 rings (SSSR count). The predicted octanol–water partition coefficient (Wildman–Crippen LogP) is 2.99. The summed E-state index contributed by atoms with van der Waals surface area (Å²) in [5.74, 6) is -0.396. The summed E-state index contributed by atoms with van der Waals surface area (Å²) in [6, 6.07) is 3.82. The Morgan fingerprint density at radius 1 is 1.50 bits per heavy atom. The minimum absolute atomic E-state index is 0.216. The molecule has 0 saturated carbocycles. The van der Waals surface area contributed by atoms with E-state index in [1.54, 1.807) is 0 Å². The molecule has 0 unspecified atom stereocenters. The molecule has 0 bridgehead atoms. The lowest BCUT2D eigenvalue weighted by Crippen LogP contribution is -1.73. The summed E-state index contributed by atoms with van der Waals surface area (Å²) in [6.07, 6.45) is 0. The molecule has 0 N–H and O–H groups in total. The van der Waals surface area contributed by atoms with Crippen molar-refractivity contribution >= 4 is 21.6 Å². The fourth-order valence-electron chi connectivity index (χ4n) is 0.542. The number of nitroso groups, excluding NO2 is 1. The Balaban J connectivity index is 3.16. The maximum Gasteiger partial charge on any atom is 0.137 e. The van der Waals surface area contributed by atoms with Gasteiger partial charge in [0.15, 0.2) is 0 Å². The van der Waals surface area contributed by atoms with Gasteiger partial charge in [-0.25, -0.2) is 4.39 Å². The van der Waals surface area contributed by atoms with E-state index in [0.717, 1.165) is 0 Å². The fourth-order valence-corrected chi connectivity index (χ4v) is 0.909. The van der Waals surface area contributed by atoms with Crippen LogP contribution in [-0.2, 0) is 0 Å². The molecule has 4 heteroatoms. The monoisotopic (exact) mass is 203 g/mol. The number of rotatable bonds is 1. The third-order valence-corrected chi connectivity index (χ3v) is 1.62. The summed E-state index contributed by atoms with van der Waals surface area (Å²) < 4.78 is 12.7. The Morgan fingerprint density at radius 3 is 2.70 bits per heavy atom. The van der Waals surface area contributed by atoms with Crippen molar-refractivity contribution in [1.29, 1.82) is 0 Å². The van der Waals surface area contributed by atoms with E-state index in [1.165, 1.54) is 18.2 Å². The van der Waals surface area contributed by atoms with Crippen molar-refractivity contribution in [3.63, 3.8) is 0 Å². The van der Waals surface area contributed by atoms with Crippen LogP contribution < -0.4 is 0 Å². The fraction of sp³-hybridized carbons (Fsp3) is 0. The average molecular weight is 204 g/mol. The lowest BCUT2D eigenvalue weighted by atomic mass is 10.3. The van der Waals surface area contributed by atoms with E-state index < -0.39 is 5.82 Å². The smallest absolute Gasteiger partial charge is 0.137 e. The molecule has 0 aliphatic carbocycles. The lowest BCUT2D eigenvalue weighted by molar-refractivity contribution is 0.621. The summed E-state index contributed by atoms with van der Waals surface area (Å²) in [5.41, 5.74) is 0.216. The SMILES string of the molecule is O=Nc1ccc(F)c(Br)c1. The van der Waals surface area contributed by atoms with E-state index in [9.17, 15) is 9.30 Å². The second kappa shape index (κ2) is 2.88. The maximum atomic E-state index is 12.4. The van der Waals surface area contributed by atoms with Crippen LogP contribution in [0.4, 0.5) is 10.1 Å². The molecule has 52 valence electrons. The second-order valence-electron chi connectivity index (χ2n) is 1.69. The molecule has 10 heavy (non-hydrogen) atoms. The van der Waals surface area contributed by atoms with E-state index in [2.05, 4.69) is 21.1 Å². The van der Waals surface area contributed by atoms with Gasteiger partial charge in [-0.05, 0) is 39.3 Å². The van der Waals surface area contributed by atoms with Crippen molar-refractivity contribution < 1.29 is 4.39 Å². The quantitative estimate of drug-likeness (QED) is 0.646. The molecule has 0 aliphatic heterocycles. The summed E-state index contributed by atoms with van der Waals surface area (Å²) in [4.78, 5) is 9.88. The molecule has 0 aliphatic rings. The highest BCUT2D eigenvalue weighted by Gasteiger charge is 1.98. The van der Waals surface area contributed by atoms with E-state index in [0.29, 0.717) is 0 Å². The number of hydrogen-bond acceptors (Lipinski definition) is 2. The Kier molecular flexibility index (Phi) is 2.11. The van der Waals surface area contributed by atoms with Crippen LogP contribution in [0.25, 0.3) is 0 Å². The maximum absolute atomic E-state index is 12.4. The standard InChI is InChI=1S/C6H3BrFNO/c7-5-3-4(9-10)1-2-6(5)8/h1-3H. The van der Waals surface area contributed by atoms with Crippen LogP contribution in [0.2, 0.25) is 0 Å². The van der Waals surface area contributed by atoms with Crippen LogP contribution in [0.5, 0.6) is 0 Å². The number of halogens is 2. The summed E-state index contributed by atoms with van der Waals surface area (Å²) in [5, 5.41) is 2.63. The Morgan fingerprint density at radius 2 is 2.20 bits per heavy atom. The molecule has 2 nitrogen and oxygen atoms in total. The Hall–Kier alpha value is -0.770. The van der Waals surface area contributed by atoms with Crippen molar-refractivity contribution in [1.82, 2.24) is 0 Å². The van der Waals surface area contributed by atoms with Gasteiger partial charge in [0, 0.05) is 0 Å². The Bertz CT molecular complexity index is 264. The van der Waals surface area contributed by atoms with Crippen LogP contribution in [0.1, 0.15) is 0 Å². The largest absolute Gasteiger partial charge is 0.206 e. The highest BCUT2D eigenvalue weighted by Crippen LogP contribution is 2.21. The number of nitrogens with zero attached hydrogens (tertiary/aromatic N) is 1. The zero-order chi connectivity index (χ0) is 7.56. The van der Waals surface area contributed by atoms with Crippen LogP contribution in [0.15, 0.2) is 27.8 Å². The van der Waals surface area contributed by atoms with Gasteiger partial charge >= 0.3 is 0 Å². The van der Waals surface area contributed by atoms with Gasteiger partial charge in [-0.15, -0.1) is 4.91 Å². The van der Waals surface area contributed by atoms with E-state index in [4.69, 9.17) is 0 Å². The molecule has 1 aromatic rings. The first-order chi connectivity index (χ1) is 4.74. The van der Waals surface area contributed by atoms with Crippen molar-refractivity contribution in [3.05, 3.63) is 33.4 Å². The first-order valence-corrected chi connectivity index (χ1v) is 3.32. The molecule has 0 saturated heterocycles. The van der Waals surface area contributed by atoms with Gasteiger partial charge in [0.25, 0.3) is 0 Å². The van der Waals surface area contributed by atoms with Crippen molar-refractivity contribution in [2.75, 3.05) is 0 Å². The first kappa shape index (κ1) is 7.34. The van der Waals surface area contributed by atoms with E-state index >= 15 is 0 Å². The minimum atomic E-state index is -0.396. The molecule has 0 spiro atoms. The molecular weight excluding hydrogens is 201 g/mol. The minimum Gasteiger partial charge on any atom is -0.206 e. The molecule has 0 amide bonds. The third kappa shape index (κ3) is 1.39. The van der Waals surface area contributed by atoms with Crippen LogP contribution in [0, 0.1) is 10.7 Å². The van der Waals surface area contributed by atoms with Crippen LogP contribution in [-0.4, -0.2) is 0 Å². The molecule has 0 aromatic heterocycles. The van der Waals surface area contributed by atoms with Crippen molar-refractivity contribution in [2.24, 2.45) is 5.18 Å². The molecule has 0 fully saturated rings. The normalized spacial score (nSPS) is 9.40. The zero-order valence-corrected chi connectivity index (χ0v) is 6.43. The topological polar surface area (TPSA) is 29.4 Å². The zero-order valence-electron chi connectivity index (χ0n) is 4.84. The third-order valence-electron chi connectivity index (χ3n) is 1.01. The number of hydrogen-bond donors (Lipinski definition) is 0. The molecule has 0 radical (unpaired) electrons. The lowest BCUT2D eigenvalue weighted by Gasteiger charge is -1.91. The van der Waals surface area contributed by atoms with Crippen molar-refractivity contribution in [3.8, 4) is 0 Å². The van der Waals surface area contributed by atoms with Crippen LogP contribution in [0.3, 0.4) is 0 Å². The Labute approximate surface area is 65.2 Å². The second-order valence-corrected chi connectivity index (χ2v) is 2.54. The molecular formula is C6H3BrFNO. The number of benzene rings is 1. The highest BCUT2D eigenvalue weighted by atomic mass is 79.9. The first-order valence-electron chi connectivity index (χ1n) is 2.52. The molecule has 0 atom stereocenters. The van der Waals surface area contributed by atoms with E-state index in [1.807, 2.05) is 0 Å². The molecule has 1 aromatic carbocycles. The summed E-state index contributed by atoms with van der Waals surface area (Å²) in [6.45, 7) is 0. The van der Waals surface area contributed by atoms with E-state index in [-0.39, 0.29) is 10.2 Å². The van der Waals surface area contributed by atoms with Gasteiger partial charge < -0.3 is 0 Å². The van der Waals surface area contributed by atoms with Crippen molar-refractivity contribution in [2.45, 2.75) is 0 Å². The van der Waals surface area contributed by atoms with Gasteiger partial charge in [-0.1, -0.05) is 0 Å². The summed E-state index contributed by atoms with van der Waals surface area (Å²) >= 11 is 2.91.